The standard InChI is InChI=1S/C27H40N2O17/c1-10(25(36)37)41-23-19(28-11(2)30)26(38)44-17(8-39-13(4)32)22(23)46-27-20(29-12(3)31)24(43-16(7)35)21(42-15(6)34)18(45-27)9-40-14(5)33/h10,17-24,26-27,38H,8-9H2,1-7H3,(H,28,30)(H,29,31)(H,36,37)/t10-,17-,18-,19-,20-,21-,22-,23-,24-,26+,27+/m1/s1. The van der Waals surface area contributed by atoms with Crippen molar-refractivity contribution in [3.63, 3.8) is 0 Å². The number of carboxylic acids is 1. The SMILES string of the molecule is CC(=O)N[C@@H]1[C@@H](O[C@H](C)C(=O)O)[C@H](O[C@@H]2O[C@H](COC(C)=O)[C@@H](OC(C)=O)[C@H](OC(C)=O)[C@H]2NC(C)=O)[C@@H](COC(C)=O)O[C@@H]1O. The van der Waals surface area contributed by atoms with Crippen LogP contribution in [0.15, 0.2) is 0 Å². The van der Waals surface area contributed by atoms with Gasteiger partial charge < -0.3 is 58.7 Å². The molecule has 2 aliphatic rings. The molecule has 0 aliphatic carbocycles. The van der Waals surface area contributed by atoms with Gasteiger partial charge in [0.2, 0.25) is 11.8 Å². The lowest BCUT2D eigenvalue weighted by atomic mass is 9.93. The third-order valence-corrected chi connectivity index (χ3v) is 6.56. The molecule has 4 N–H and O–H groups in total. The minimum Gasteiger partial charge on any atom is -0.479 e. The summed E-state index contributed by atoms with van der Waals surface area (Å²) in [6.45, 7) is 6.54. The van der Waals surface area contributed by atoms with E-state index in [1.165, 1.54) is 6.92 Å². The van der Waals surface area contributed by atoms with Crippen LogP contribution < -0.4 is 10.6 Å². The zero-order valence-electron chi connectivity index (χ0n) is 26.3. The number of hydrogen-bond donors (Lipinski definition) is 4. The summed E-state index contributed by atoms with van der Waals surface area (Å²) in [4.78, 5) is 83.8. The first-order chi connectivity index (χ1) is 21.4. The van der Waals surface area contributed by atoms with Crippen molar-refractivity contribution in [3.05, 3.63) is 0 Å². The number of aliphatic hydroxyl groups excluding tert-OH is 1. The summed E-state index contributed by atoms with van der Waals surface area (Å²) in [7, 11) is 0. The lowest BCUT2D eigenvalue weighted by molar-refractivity contribution is -0.334. The number of nitrogens with one attached hydrogen (secondary N) is 2. The predicted octanol–water partition coefficient (Wildman–Crippen LogP) is -2.33. The summed E-state index contributed by atoms with van der Waals surface area (Å²) in [6.07, 6.45) is -13.9. The van der Waals surface area contributed by atoms with E-state index in [2.05, 4.69) is 10.6 Å². The van der Waals surface area contributed by atoms with Crippen molar-refractivity contribution in [2.45, 2.75) is 116 Å². The van der Waals surface area contributed by atoms with E-state index in [9.17, 15) is 43.8 Å². The Balaban J connectivity index is 2.71. The van der Waals surface area contributed by atoms with E-state index in [1.54, 1.807) is 0 Å². The molecule has 19 nitrogen and oxygen atoms in total. The van der Waals surface area contributed by atoms with Crippen LogP contribution in [0.3, 0.4) is 0 Å². The summed E-state index contributed by atoms with van der Waals surface area (Å²) < 4.78 is 44.6. The fourth-order valence-electron chi connectivity index (χ4n) is 4.82. The molecule has 0 bridgehead atoms. The van der Waals surface area contributed by atoms with E-state index in [1.807, 2.05) is 0 Å². The van der Waals surface area contributed by atoms with Crippen LogP contribution in [0.1, 0.15) is 48.5 Å². The minimum atomic E-state index is -1.83. The highest BCUT2D eigenvalue weighted by molar-refractivity contribution is 5.74. The van der Waals surface area contributed by atoms with E-state index in [0.717, 1.165) is 41.5 Å². The fraction of sp³-hybridized carbons (Fsp3) is 0.741. The zero-order valence-corrected chi connectivity index (χ0v) is 26.3. The van der Waals surface area contributed by atoms with Gasteiger partial charge in [0.15, 0.2) is 30.9 Å². The summed E-state index contributed by atoms with van der Waals surface area (Å²) >= 11 is 0. The van der Waals surface area contributed by atoms with Crippen LogP contribution in [-0.2, 0) is 71.5 Å². The van der Waals surface area contributed by atoms with E-state index in [4.69, 9.17) is 37.9 Å². The molecule has 0 radical (unpaired) electrons. The summed E-state index contributed by atoms with van der Waals surface area (Å²) in [5.41, 5.74) is 0. The van der Waals surface area contributed by atoms with Crippen molar-refractivity contribution in [3.8, 4) is 0 Å². The van der Waals surface area contributed by atoms with Gasteiger partial charge in [0.1, 0.15) is 49.7 Å². The third kappa shape index (κ3) is 11.2. The van der Waals surface area contributed by atoms with E-state index in [0.29, 0.717) is 0 Å². The lowest BCUT2D eigenvalue weighted by Gasteiger charge is -2.49. The van der Waals surface area contributed by atoms with Crippen LogP contribution in [-0.4, -0.2) is 132 Å². The number of ether oxygens (including phenoxy) is 8. The topological polar surface area (TPSA) is 258 Å². The molecule has 2 rings (SSSR count). The molecular weight excluding hydrogens is 624 g/mol. The number of carboxylic acid groups (broad SMARTS) is 1. The predicted molar refractivity (Wildman–Crippen MR) is 146 cm³/mol. The van der Waals surface area contributed by atoms with Crippen molar-refractivity contribution < 1.29 is 81.7 Å². The Morgan fingerprint density at radius 2 is 1.15 bits per heavy atom. The van der Waals surface area contributed by atoms with Crippen molar-refractivity contribution in [1.29, 1.82) is 0 Å². The first-order valence-corrected chi connectivity index (χ1v) is 14.1. The van der Waals surface area contributed by atoms with Crippen molar-refractivity contribution in [1.82, 2.24) is 10.6 Å². The second kappa shape index (κ2) is 17.1. The van der Waals surface area contributed by atoms with Crippen LogP contribution in [0, 0.1) is 0 Å². The highest BCUT2D eigenvalue weighted by atomic mass is 16.7. The minimum absolute atomic E-state index is 0.557. The highest BCUT2D eigenvalue weighted by Gasteiger charge is 2.55. The van der Waals surface area contributed by atoms with Gasteiger partial charge in [0, 0.05) is 41.5 Å². The smallest absolute Gasteiger partial charge is 0.332 e. The number of esters is 4. The molecule has 46 heavy (non-hydrogen) atoms. The number of carbonyl (C=O) groups excluding carboxylic acids is 6. The Kier molecular flexibility index (Phi) is 14.3. The second-order valence-electron chi connectivity index (χ2n) is 10.5. The Morgan fingerprint density at radius 1 is 0.674 bits per heavy atom. The van der Waals surface area contributed by atoms with Gasteiger partial charge in [-0.1, -0.05) is 0 Å². The van der Waals surface area contributed by atoms with Gasteiger partial charge in [-0.05, 0) is 6.92 Å². The molecule has 2 fully saturated rings. The average molecular weight is 665 g/mol. The largest absolute Gasteiger partial charge is 0.479 e. The Morgan fingerprint density at radius 3 is 1.61 bits per heavy atom. The van der Waals surface area contributed by atoms with Crippen molar-refractivity contribution in [2.75, 3.05) is 13.2 Å². The normalized spacial score (nSPS) is 31.4. The van der Waals surface area contributed by atoms with Crippen LogP contribution in [0.25, 0.3) is 0 Å². The van der Waals surface area contributed by atoms with Gasteiger partial charge in [-0.3, -0.25) is 28.8 Å². The van der Waals surface area contributed by atoms with E-state index >= 15 is 0 Å². The lowest BCUT2D eigenvalue weighted by Crippen LogP contribution is -2.70. The fourth-order valence-corrected chi connectivity index (χ4v) is 4.82. The van der Waals surface area contributed by atoms with Gasteiger partial charge in [0.05, 0.1) is 0 Å². The molecule has 2 saturated heterocycles. The quantitative estimate of drug-likeness (QED) is 0.119. The number of aliphatic hydroxyl groups is 1. The van der Waals surface area contributed by atoms with E-state index in [-0.39, 0.29) is 0 Å². The molecule has 0 aromatic heterocycles. The van der Waals surface area contributed by atoms with Crippen LogP contribution in [0.4, 0.5) is 0 Å². The van der Waals surface area contributed by atoms with Crippen molar-refractivity contribution >= 4 is 41.7 Å². The molecule has 19 heteroatoms. The maximum absolute atomic E-state index is 12.4. The monoisotopic (exact) mass is 664 g/mol. The molecule has 260 valence electrons. The average Bonchev–Trinajstić information content (AvgIpc) is 2.91. The van der Waals surface area contributed by atoms with Gasteiger partial charge in [-0.15, -0.1) is 0 Å². The van der Waals surface area contributed by atoms with Crippen LogP contribution >= 0.6 is 0 Å². The van der Waals surface area contributed by atoms with Gasteiger partial charge in [-0.2, -0.15) is 0 Å². The number of amides is 2. The second-order valence-corrected chi connectivity index (χ2v) is 10.5. The van der Waals surface area contributed by atoms with Crippen LogP contribution in [0.2, 0.25) is 0 Å². The van der Waals surface area contributed by atoms with Gasteiger partial charge in [0.25, 0.3) is 0 Å². The zero-order chi connectivity index (χ0) is 34.9. The van der Waals surface area contributed by atoms with Gasteiger partial charge in [-0.25, -0.2) is 4.79 Å². The molecule has 0 aromatic rings. The summed E-state index contributed by atoms with van der Waals surface area (Å²) in [6, 6.07) is -2.92. The number of carbonyl (C=O) groups is 7. The number of rotatable bonds is 13. The molecule has 2 aliphatic heterocycles. The molecule has 0 unspecified atom stereocenters. The molecule has 0 spiro atoms. The maximum Gasteiger partial charge on any atom is 0.332 e. The van der Waals surface area contributed by atoms with Gasteiger partial charge >= 0.3 is 29.8 Å². The molecule has 2 heterocycles. The Hall–Kier alpha value is -3.91. The number of hydrogen-bond acceptors (Lipinski definition) is 16. The molecule has 2 amide bonds. The Bertz CT molecular complexity index is 1150. The first kappa shape index (κ1) is 38.3. The van der Waals surface area contributed by atoms with E-state index < -0.39 is 122 Å². The van der Waals surface area contributed by atoms with Crippen molar-refractivity contribution in [2.24, 2.45) is 0 Å². The summed E-state index contributed by atoms with van der Waals surface area (Å²) in [5.74, 6) is -6.01. The summed E-state index contributed by atoms with van der Waals surface area (Å²) in [5, 5.41) is 25.3. The molecule has 0 saturated carbocycles. The molecular formula is C27H40N2O17. The molecule has 11 atom stereocenters. The first-order valence-electron chi connectivity index (χ1n) is 14.1. The Labute approximate surface area is 263 Å². The highest BCUT2D eigenvalue weighted by Crippen LogP contribution is 2.33. The number of aliphatic carboxylic acids is 1. The maximum atomic E-state index is 12.4. The molecule has 0 aromatic carbocycles. The van der Waals surface area contributed by atoms with Crippen LogP contribution in [0.5, 0.6) is 0 Å². The third-order valence-electron chi connectivity index (χ3n) is 6.56.